The van der Waals surface area contributed by atoms with Crippen LogP contribution in [0.4, 0.5) is 0 Å². The molecule has 1 saturated heterocycles. The number of carbonyl (C=O) groups is 1. The van der Waals surface area contributed by atoms with E-state index in [0.717, 1.165) is 63.2 Å². The van der Waals surface area contributed by atoms with Crippen molar-refractivity contribution in [3.63, 3.8) is 0 Å². The van der Waals surface area contributed by atoms with E-state index in [4.69, 9.17) is 4.74 Å². The normalized spacial score (nSPS) is 14.5. The monoisotopic (exact) mass is 557 g/mol. The third kappa shape index (κ3) is 8.76. The Morgan fingerprint density at radius 1 is 1.06 bits per heavy atom. The van der Waals surface area contributed by atoms with Gasteiger partial charge in [0.05, 0.1) is 18.1 Å². The Bertz CT molecular complexity index is 810. The first-order chi connectivity index (χ1) is 14.8. The highest BCUT2D eigenvalue weighted by molar-refractivity contribution is 14.0. The highest BCUT2D eigenvalue weighted by Crippen LogP contribution is 2.13. The van der Waals surface area contributed by atoms with Gasteiger partial charge in [0.15, 0.2) is 5.96 Å². The zero-order valence-corrected chi connectivity index (χ0v) is 21.1. The zero-order valence-electron chi connectivity index (χ0n) is 17.9. The molecule has 0 bridgehead atoms. The molecule has 2 aromatic rings. The molecule has 1 aromatic heterocycles. The van der Waals surface area contributed by atoms with Gasteiger partial charge in [-0.05, 0) is 29.0 Å². The number of nitrogens with one attached hydrogen (secondary N) is 3. The summed E-state index contributed by atoms with van der Waals surface area (Å²) >= 11 is 1.45. The van der Waals surface area contributed by atoms with Crippen molar-refractivity contribution in [2.45, 2.75) is 19.5 Å². The summed E-state index contributed by atoms with van der Waals surface area (Å²) in [4.78, 5) is 19.4. The number of halogens is 1. The molecule has 1 fully saturated rings. The Hall–Kier alpha value is -1.69. The van der Waals surface area contributed by atoms with Crippen molar-refractivity contribution in [1.82, 2.24) is 20.9 Å². The Morgan fingerprint density at radius 2 is 1.81 bits per heavy atom. The van der Waals surface area contributed by atoms with Crippen LogP contribution in [0.25, 0.3) is 0 Å². The second-order valence-corrected chi connectivity index (χ2v) is 8.04. The van der Waals surface area contributed by atoms with Crippen molar-refractivity contribution in [2.75, 3.05) is 46.4 Å². The number of morpholine rings is 1. The average molecular weight is 558 g/mol. The van der Waals surface area contributed by atoms with Gasteiger partial charge in [-0.25, -0.2) is 0 Å². The minimum atomic E-state index is -0.00983. The number of rotatable bonds is 9. The fourth-order valence-electron chi connectivity index (χ4n) is 3.28. The fourth-order valence-corrected chi connectivity index (χ4v) is 3.92. The van der Waals surface area contributed by atoms with Gasteiger partial charge in [-0.3, -0.25) is 14.7 Å². The molecule has 3 rings (SSSR count). The summed E-state index contributed by atoms with van der Waals surface area (Å²) in [5.74, 6) is 0.755. The number of hydrogen-bond donors (Lipinski definition) is 3. The van der Waals surface area contributed by atoms with Gasteiger partial charge in [-0.15, -0.1) is 35.3 Å². The molecule has 3 N–H and O–H groups in total. The summed E-state index contributed by atoms with van der Waals surface area (Å²) in [6, 6.07) is 12.2. The summed E-state index contributed by atoms with van der Waals surface area (Å²) < 4.78 is 5.45. The van der Waals surface area contributed by atoms with E-state index in [2.05, 4.69) is 50.1 Å². The van der Waals surface area contributed by atoms with Crippen LogP contribution in [-0.4, -0.2) is 63.2 Å². The Balaban J connectivity index is 0.00000341. The highest BCUT2D eigenvalue weighted by atomic mass is 127. The number of nitrogens with zero attached hydrogens (tertiary/aromatic N) is 2. The summed E-state index contributed by atoms with van der Waals surface area (Å²) in [6.45, 7) is 6.60. The first kappa shape index (κ1) is 25.6. The molecule has 1 aliphatic rings. The van der Waals surface area contributed by atoms with Gasteiger partial charge in [0.2, 0.25) is 0 Å². The van der Waals surface area contributed by atoms with E-state index in [0.29, 0.717) is 6.54 Å². The third-order valence-electron chi connectivity index (χ3n) is 4.96. The SMILES string of the molecule is CN=C(NCCCNC(=O)c1cccs1)NCc1ccccc1CN1CCOCC1.I. The molecule has 1 amide bonds. The van der Waals surface area contributed by atoms with Crippen molar-refractivity contribution in [3.05, 3.63) is 57.8 Å². The van der Waals surface area contributed by atoms with Gasteiger partial charge in [0, 0.05) is 46.3 Å². The molecule has 0 atom stereocenters. The molecule has 2 heterocycles. The minimum absolute atomic E-state index is 0. The van der Waals surface area contributed by atoms with Crippen LogP contribution in [0.2, 0.25) is 0 Å². The lowest BCUT2D eigenvalue weighted by molar-refractivity contribution is 0.0341. The lowest BCUT2D eigenvalue weighted by Gasteiger charge is -2.27. The van der Waals surface area contributed by atoms with Gasteiger partial charge in [0.25, 0.3) is 5.91 Å². The number of benzene rings is 1. The van der Waals surface area contributed by atoms with E-state index in [-0.39, 0.29) is 29.9 Å². The van der Waals surface area contributed by atoms with Gasteiger partial charge < -0.3 is 20.7 Å². The highest BCUT2D eigenvalue weighted by Gasteiger charge is 2.12. The maximum absolute atomic E-state index is 11.9. The minimum Gasteiger partial charge on any atom is -0.379 e. The molecule has 7 nitrogen and oxygen atoms in total. The van der Waals surface area contributed by atoms with Crippen molar-refractivity contribution in [2.24, 2.45) is 4.99 Å². The third-order valence-corrected chi connectivity index (χ3v) is 5.83. The largest absolute Gasteiger partial charge is 0.379 e. The molecule has 1 aromatic carbocycles. The van der Waals surface area contributed by atoms with Crippen LogP contribution in [-0.2, 0) is 17.8 Å². The van der Waals surface area contributed by atoms with E-state index >= 15 is 0 Å². The lowest BCUT2D eigenvalue weighted by atomic mass is 10.1. The van der Waals surface area contributed by atoms with Crippen LogP contribution in [0.5, 0.6) is 0 Å². The quantitative estimate of drug-likeness (QED) is 0.191. The number of thiophene rings is 1. The van der Waals surface area contributed by atoms with Crippen LogP contribution in [0.1, 0.15) is 27.2 Å². The number of guanidine groups is 1. The van der Waals surface area contributed by atoms with E-state index in [9.17, 15) is 4.79 Å². The van der Waals surface area contributed by atoms with Gasteiger partial charge >= 0.3 is 0 Å². The molecule has 1 aliphatic heterocycles. The zero-order chi connectivity index (χ0) is 21.0. The van der Waals surface area contributed by atoms with Gasteiger partial charge in [0.1, 0.15) is 0 Å². The fraction of sp³-hybridized carbons (Fsp3) is 0.455. The summed E-state index contributed by atoms with van der Waals surface area (Å²) in [7, 11) is 1.77. The molecule has 0 unspecified atom stereocenters. The van der Waals surface area contributed by atoms with Gasteiger partial charge in [-0.1, -0.05) is 30.3 Å². The smallest absolute Gasteiger partial charge is 0.261 e. The van der Waals surface area contributed by atoms with Crippen molar-refractivity contribution >= 4 is 47.2 Å². The Kier molecular flexibility index (Phi) is 11.9. The topological polar surface area (TPSA) is 78.0 Å². The molecular weight excluding hydrogens is 525 g/mol. The Morgan fingerprint density at radius 3 is 2.52 bits per heavy atom. The molecule has 31 heavy (non-hydrogen) atoms. The molecular formula is C22H32IN5O2S. The van der Waals surface area contributed by atoms with E-state index in [1.165, 1.54) is 22.5 Å². The second-order valence-electron chi connectivity index (χ2n) is 7.10. The maximum Gasteiger partial charge on any atom is 0.261 e. The first-order valence-corrected chi connectivity index (χ1v) is 11.3. The summed E-state index contributed by atoms with van der Waals surface area (Å²) in [5, 5.41) is 11.6. The predicted molar refractivity (Wildman–Crippen MR) is 137 cm³/mol. The van der Waals surface area contributed by atoms with Crippen molar-refractivity contribution in [1.29, 1.82) is 0 Å². The molecule has 0 spiro atoms. The molecule has 0 aliphatic carbocycles. The molecule has 9 heteroatoms. The molecule has 170 valence electrons. The molecule has 0 saturated carbocycles. The van der Waals surface area contributed by atoms with Crippen molar-refractivity contribution < 1.29 is 9.53 Å². The summed E-state index contributed by atoms with van der Waals surface area (Å²) in [6.07, 6.45) is 0.825. The standard InChI is InChI=1S/C22H31N5O2S.HI/c1-23-22(25-10-5-9-24-21(28)20-8-4-15-30-20)26-16-18-6-2-3-7-19(18)17-27-11-13-29-14-12-27;/h2-4,6-8,15H,5,9-14,16-17H2,1H3,(H,24,28)(H2,23,25,26);1H. The van der Waals surface area contributed by atoms with Crippen molar-refractivity contribution in [3.8, 4) is 0 Å². The first-order valence-electron chi connectivity index (χ1n) is 10.4. The van der Waals surface area contributed by atoms with Crippen LogP contribution < -0.4 is 16.0 Å². The maximum atomic E-state index is 11.9. The van der Waals surface area contributed by atoms with Crippen LogP contribution in [0.15, 0.2) is 46.8 Å². The van der Waals surface area contributed by atoms with Crippen LogP contribution >= 0.6 is 35.3 Å². The number of amides is 1. The summed E-state index contributed by atoms with van der Waals surface area (Å²) in [5.41, 5.74) is 2.61. The number of carbonyl (C=O) groups excluding carboxylic acids is 1. The number of hydrogen-bond acceptors (Lipinski definition) is 5. The van der Waals surface area contributed by atoms with Gasteiger partial charge in [-0.2, -0.15) is 0 Å². The predicted octanol–water partition coefficient (Wildman–Crippen LogP) is 2.68. The van der Waals surface area contributed by atoms with Crippen LogP contribution in [0, 0.1) is 0 Å². The average Bonchev–Trinajstić information content (AvgIpc) is 3.32. The second kappa shape index (κ2) is 14.4. The number of ether oxygens (including phenoxy) is 1. The van der Waals surface area contributed by atoms with Crippen LogP contribution in [0.3, 0.4) is 0 Å². The van der Waals surface area contributed by atoms with E-state index in [1.807, 2.05) is 17.5 Å². The Labute approximate surface area is 205 Å². The lowest BCUT2D eigenvalue weighted by Crippen LogP contribution is -2.39. The van der Waals surface area contributed by atoms with E-state index in [1.54, 1.807) is 7.05 Å². The molecule has 0 radical (unpaired) electrons. The number of aliphatic imine (C=N–C) groups is 1. The van der Waals surface area contributed by atoms with E-state index < -0.39 is 0 Å².